The van der Waals surface area contributed by atoms with E-state index in [1.165, 1.54) is 24.3 Å². The Morgan fingerprint density at radius 1 is 1.18 bits per heavy atom. The van der Waals surface area contributed by atoms with Gasteiger partial charge in [-0.3, -0.25) is 4.90 Å². The zero-order valence-electron chi connectivity index (χ0n) is 22.2. The Labute approximate surface area is 231 Å². The molecule has 0 unspecified atom stereocenters. The number of imidazole rings is 1. The number of nitrogens with zero attached hydrogens (tertiary/aromatic N) is 4. The number of benzene rings is 3. The lowest BCUT2D eigenvalue weighted by molar-refractivity contribution is -0.0592. The molecule has 0 spiro atoms. The molecule has 0 saturated carbocycles. The van der Waals surface area contributed by atoms with Crippen LogP contribution in [-0.4, -0.2) is 46.8 Å². The minimum Gasteiger partial charge on any atom is -0.489 e. The van der Waals surface area contributed by atoms with Gasteiger partial charge in [-0.25, -0.2) is 14.2 Å². The molecule has 1 aromatic heterocycles. The summed E-state index contributed by atoms with van der Waals surface area (Å²) in [6, 6.07) is 17.9. The summed E-state index contributed by atoms with van der Waals surface area (Å²) in [6.07, 6.45) is 2.02. The highest BCUT2D eigenvalue weighted by atomic mass is 19.1. The Kier molecular flexibility index (Phi) is 7.20. The molecule has 40 heavy (non-hydrogen) atoms. The van der Waals surface area contributed by atoms with Gasteiger partial charge in [-0.05, 0) is 66.4 Å². The minimum absolute atomic E-state index is 0.0983. The van der Waals surface area contributed by atoms with E-state index in [1.807, 2.05) is 30.3 Å². The van der Waals surface area contributed by atoms with Gasteiger partial charge in [0.25, 0.3) is 0 Å². The normalized spacial score (nSPS) is 16.7. The quantitative estimate of drug-likeness (QED) is 0.298. The van der Waals surface area contributed by atoms with Crippen molar-refractivity contribution in [3.8, 4) is 11.8 Å². The molecule has 1 atom stereocenters. The number of hydrogen-bond donors (Lipinski definition) is 0. The zero-order chi connectivity index (χ0) is 27.6. The van der Waals surface area contributed by atoms with Crippen LogP contribution in [0.25, 0.3) is 11.0 Å². The van der Waals surface area contributed by atoms with Gasteiger partial charge in [0.15, 0.2) is 0 Å². The number of carbonyl (C=O) groups excluding carboxylic acids is 1. The van der Waals surface area contributed by atoms with Crippen LogP contribution in [0.1, 0.15) is 44.9 Å². The number of rotatable bonds is 8. The van der Waals surface area contributed by atoms with E-state index in [9.17, 15) is 9.18 Å². The fraction of sp³-hybridized carbons (Fsp3) is 0.323. The number of carbonyl (C=O) groups is 1. The summed E-state index contributed by atoms with van der Waals surface area (Å²) in [5.74, 6) is 0.832. The van der Waals surface area contributed by atoms with E-state index in [2.05, 4.69) is 15.5 Å². The Hall–Kier alpha value is -4.26. The van der Waals surface area contributed by atoms with Crippen LogP contribution >= 0.6 is 0 Å². The summed E-state index contributed by atoms with van der Waals surface area (Å²) in [4.78, 5) is 19.5. The Balaban J connectivity index is 1.17. The summed E-state index contributed by atoms with van der Waals surface area (Å²) in [6.45, 7) is 3.87. The second-order valence-electron chi connectivity index (χ2n) is 10.2. The molecule has 2 aliphatic heterocycles. The van der Waals surface area contributed by atoms with E-state index in [-0.39, 0.29) is 24.2 Å². The topological polar surface area (TPSA) is 89.6 Å². The Morgan fingerprint density at radius 2 is 2.05 bits per heavy atom. The first-order valence-corrected chi connectivity index (χ1v) is 13.4. The third-order valence-electron chi connectivity index (χ3n) is 7.64. The number of esters is 1. The van der Waals surface area contributed by atoms with Gasteiger partial charge in [-0.2, -0.15) is 5.26 Å². The van der Waals surface area contributed by atoms with Crippen molar-refractivity contribution in [2.45, 2.75) is 45.2 Å². The molecule has 2 aliphatic rings. The number of nitriles is 1. The van der Waals surface area contributed by atoms with Gasteiger partial charge in [0, 0.05) is 25.3 Å². The first-order chi connectivity index (χ1) is 19.5. The molecular formula is C31H29FN4O4. The fourth-order valence-electron chi connectivity index (χ4n) is 5.28. The van der Waals surface area contributed by atoms with Gasteiger partial charge in [0.05, 0.1) is 54.5 Å². The molecule has 3 heterocycles. The SMILES string of the molecule is COC(=O)c1ccc2nc(CN3CCc4cc(OCc5ccc(C#N)cc5F)ccc4C3)n(C[C@@H]3CCO3)c2c1. The molecule has 4 aromatic rings. The molecule has 3 aromatic carbocycles. The van der Waals surface area contributed by atoms with Gasteiger partial charge in [0.1, 0.15) is 24.0 Å². The third kappa shape index (κ3) is 5.28. The average molecular weight is 541 g/mol. The number of aromatic nitrogens is 2. The van der Waals surface area contributed by atoms with Crippen molar-refractivity contribution in [1.82, 2.24) is 14.5 Å². The third-order valence-corrected chi connectivity index (χ3v) is 7.64. The van der Waals surface area contributed by atoms with E-state index in [1.54, 1.807) is 18.2 Å². The smallest absolute Gasteiger partial charge is 0.337 e. The van der Waals surface area contributed by atoms with Gasteiger partial charge in [-0.15, -0.1) is 0 Å². The van der Waals surface area contributed by atoms with E-state index >= 15 is 0 Å². The lowest BCUT2D eigenvalue weighted by Gasteiger charge is -2.30. The highest BCUT2D eigenvalue weighted by Gasteiger charge is 2.25. The standard InChI is InChI=1S/C31H29FN4O4/c1-38-31(37)22-5-7-28-29(14-22)36(17-26-9-11-39-26)30(34-28)18-35-10-8-21-13-25(6-4-23(21)16-35)40-19-24-3-2-20(15-33)12-27(24)32/h2-7,12-14,26H,8-11,16-19H2,1H3/t26-/m0/s1. The van der Waals surface area contributed by atoms with Crippen molar-refractivity contribution in [2.24, 2.45) is 0 Å². The van der Waals surface area contributed by atoms with Crippen molar-refractivity contribution in [3.05, 3.63) is 94.1 Å². The Morgan fingerprint density at radius 3 is 2.80 bits per heavy atom. The van der Waals surface area contributed by atoms with Crippen molar-refractivity contribution in [3.63, 3.8) is 0 Å². The number of fused-ring (bicyclic) bond motifs is 2. The van der Waals surface area contributed by atoms with E-state index < -0.39 is 5.82 Å². The summed E-state index contributed by atoms with van der Waals surface area (Å²) in [7, 11) is 1.38. The minimum atomic E-state index is -0.441. The molecular weight excluding hydrogens is 511 g/mol. The number of halogens is 1. The van der Waals surface area contributed by atoms with Crippen LogP contribution in [0.2, 0.25) is 0 Å². The molecule has 1 fully saturated rings. The highest BCUT2D eigenvalue weighted by Crippen LogP contribution is 2.28. The van der Waals surface area contributed by atoms with Crippen LogP contribution in [0.5, 0.6) is 5.75 Å². The van der Waals surface area contributed by atoms with Crippen molar-refractivity contribution < 1.29 is 23.4 Å². The van der Waals surface area contributed by atoms with Gasteiger partial charge < -0.3 is 18.8 Å². The molecule has 8 nitrogen and oxygen atoms in total. The molecule has 6 rings (SSSR count). The monoisotopic (exact) mass is 540 g/mol. The molecule has 0 bridgehead atoms. The maximum atomic E-state index is 14.2. The fourth-order valence-corrected chi connectivity index (χ4v) is 5.28. The van der Waals surface area contributed by atoms with Gasteiger partial charge >= 0.3 is 5.97 Å². The lowest BCUT2D eigenvalue weighted by Crippen LogP contribution is -2.34. The zero-order valence-corrected chi connectivity index (χ0v) is 22.2. The van der Waals surface area contributed by atoms with Crippen molar-refractivity contribution in [1.29, 1.82) is 5.26 Å². The highest BCUT2D eigenvalue weighted by molar-refractivity contribution is 5.93. The van der Waals surface area contributed by atoms with E-state index in [0.29, 0.717) is 30.0 Å². The second kappa shape index (κ2) is 11.1. The van der Waals surface area contributed by atoms with Crippen molar-refractivity contribution >= 4 is 17.0 Å². The maximum Gasteiger partial charge on any atom is 0.337 e. The van der Waals surface area contributed by atoms with Crippen LogP contribution in [0.3, 0.4) is 0 Å². The van der Waals surface area contributed by atoms with Crippen molar-refractivity contribution in [2.75, 3.05) is 20.3 Å². The number of hydrogen-bond acceptors (Lipinski definition) is 7. The first kappa shape index (κ1) is 26.0. The van der Waals surface area contributed by atoms with E-state index in [0.717, 1.165) is 49.4 Å². The van der Waals surface area contributed by atoms with Crippen LogP contribution < -0.4 is 4.74 Å². The lowest BCUT2D eigenvalue weighted by atomic mass is 9.99. The van der Waals surface area contributed by atoms with Crippen LogP contribution in [0, 0.1) is 17.1 Å². The number of methoxy groups -OCH3 is 1. The molecule has 0 N–H and O–H groups in total. The summed E-state index contributed by atoms with van der Waals surface area (Å²) in [5.41, 5.74) is 5.40. The van der Waals surface area contributed by atoms with Gasteiger partial charge in [0.2, 0.25) is 0 Å². The summed E-state index contributed by atoms with van der Waals surface area (Å²) < 4.78 is 32.9. The average Bonchev–Trinajstić information content (AvgIpc) is 3.29. The molecule has 0 amide bonds. The van der Waals surface area contributed by atoms with E-state index in [4.69, 9.17) is 24.5 Å². The summed E-state index contributed by atoms with van der Waals surface area (Å²) in [5, 5.41) is 8.93. The predicted molar refractivity (Wildman–Crippen MR) is 145 cm³/mol. The molecule has 0 aliphatic carbocycles. The number of ether oxygens (including phenoxy) is 3. The maximum absolute atomic E-state index is 14.2. The molecule has 204 valence electrons. The van der Waals surface area contributed by atoms with Crippen LogP contribution in [0.4, 0.5) is 4.39 Å². The van der Waals surface area contributed by atoms with Crippen LogP contribution in [-0.2, 0) is 42.1 Å². The Bertz CT molecular complexity index is 1620. The molecule has 0 radical (unpaired) electrons. The largest absolute Gasteiger partial charge is 0.489 e. The predicted octanol–water partition coefficient (Wildman–Crippen LogP) is 4.76. The van der Waals surface area contributed by atoms with Gasteiger partial charge in [-0.1, -0.05) is 12.1 Å². The molecule has 1 saturated heterocycles. The summed E-state index contributed by atoms with van der Waals surface area (Å²) >= 11 is 0. The second-order valence-corrected chi connectivity index (χ2v) is 10.2. The molecule has 9 heteroatoms. The first-order valence-electron chi connectivity index (χ1n) is 13.4. The van der Waals surface area contributed by atoms with Crippen LogP contribution in [0.15, 0.2) is 54.6 Å².